The van der Waals surface area contributed by atoms with Crippen LogP contribution in [0.2, 0.25) is 0 Å². The van der Waals surface area contributed by atoms with Gasteiger partial charge in [-0.1, -0.05) is 12.1 Å². The summed E-state index contributed by atoms with van der Waals surface area (Å²) in [5.74, 6) is -0.520. The van der Waals surface area contributed by atoms with Crippen LogP contribution in [0.1, 0.15) is 5.56 Å². The zero-order valence-corrected chi connectivity index (χ0v) is 10.4. The van der Waals surface area contributed by atoms with E-state index in [2.05, 4.69) is 0 Å². The van der Waals surface area contributed by atoms with E-state index in [9.17, 15) is 18.5 Å². The number of non-ortho nitro benzene ring substituents is 1. The van der Waals surface area contributed by atoms with Crippen molar-refractivity contribution in [1.82, 2.24) is 0 Å². The number of hydrogen-bond acceptors (Lipinski definition) is 6. The number of hydrogen-bond donors (Lipinski definition) is 0. The Hall–Kier alpha value is -2.35. The first-order valence-corrected chi connectivity index (χ1v) is 6.73. The van der Waals surface area contributed by atoms with Gasteiger partial charge in [0.1, 0.15) is 5.75 Å². The van der Waals surface area contributed by atoms with Crippen LogP contribution >= 0.6 is 0 Å². The molecule has 0 amide bonds. The minimum atomic E-state index is -3.85. The third-order valence-electron chi connectivity index (χ3n) is 2.19. The van der Waals surface area contributed by atoms with Crippen molar-refractivity contribution in [2.45, 2.75) is 5.75 Å². The summed E-state index contributed by atoms with van der Waals surface area (Å²) in [7, 11) is -3.85. The maximum absolute atomic E-state index is 11.7. The highest BCUT2D eigenvalue weighted by Gasteiger charge is 2.16. The number of nitrogens with zero attached hydrogens (tertiary/aromatic N) is 1. The average Bonchev–Trinajstić information content (AvgIpc) is 2.81. The second kappa shape index (κ2) is 5.11. The number of nitro benzene ring substituents is 1. The molecule has 2 rings (SSSR count). The van der Waals surface area contributed by atoms with Crippen molar-refractivity contribution in [3.05, 3.63) is 58.3 Å². The first-order valence-electron chi connectivity index (χ1n) is 5.15. The molecule has 2 aromatic rings. The maximum Gasteiger partial charge on any atom is 0.316 e. The Balaban J connectivity index is 2.09. The minimum absolute atomic E-state index is 0.104. The molecule has 0 aliphatic rings. The Morgan fingerprint density at radius 2 is 1.89 bits per heavy atom. The highest BCUT2D eigenvalue weighted by molar-refractivity contribution is 7.86. The van der Waals surface area contributed by atoms with Crippen LogP contribution in [0.15, 0.2) is 47.1 Å². The Bertz CT molecular complexity index is 660. The largest absolute Gasteiger partial charge is 0.433 e. The fourth-order valence-corrected chi connectivity index (χ4v) is 2.39. The number of furan rings is 1. The van der Waals surface area contributed by atoms with E-state index in [0.29, 0.717) is 5.56 Å². The molecule has 0 N–H and O–H groups in total. The van der Waals surface area contributed by atoms with Gasteiger partial charge in [0.25, 0.3) is 5.69 Å². The van der Waals surface area contributed by atoms with Gasteiger partial charge in [0.15, 0.2) is 0 Å². The summed E-state index contributed by atoms with van der Waals surface area (Å²) in [6.07, 6.45) is 1.29. The van der Waals surface area contributed by atoms with Crippen LogP contribution in [-0.2, 0) is 15.9 Å². The van der Waals surface area contributed by atoms with Crippen LogP contribution in [0.25, 0.3) is 0 Å². The minimum Gasteiger partial charge on any atom is -0.433 e. The molecule has 1 aromatic carbocycles. The topological polar surface area (TPSA) is 99.7 Å². The third-order valence-corrected chi connectivity index (χ3v) is 3.30. The fourth-order valence-electron chi connectivity index (χ4n) is 1.38. The van der Waals surface area contributed by atoms with Crippen LogP contribution in [-0.4, -0.2) is 13.3 Å². The molecule has 0 aliphatic heterocycles. The van der Waals surface area contributed by atoms with E-state index in [1.807, 2.05) is 0 Å². The highest BCUT2D eigenvalue weighted by Crippen LogP contribution is 2.17. The van der Waals surface area contributed by atoms with Crippen molar-refractivity contribution in [2.24, 2.45) is 0 Å². The van der Waals surface area contributed by atoms with Crippen molar-refractivity contribution >= 4 is 15.8 Å². The van der Waals surface area contributed by atoms with Gasteiger partial charge in [-0.2, -0.15) is 8.42 Å². The molecule has 8 heteroatoms. The van der Waals surface area contributed by atoms with Gasteiger partial charge in [-0.25, -0.2) is 0 Å². The SMILES string of the molecule is O=[N+]([O-])c1ccc(CS(=O)(=O)Oc2ccco2)cc1. The summed E-state index contributed by atoms with van der Waals surface area (Å²) in [5, 5.41) is 10.5. The molecule has 0 atom stereocenters. The Labute approximate surface area is 108 Å². The number of nitro groups is 1. The van der Waals surface area contributed by atoms with E-state index >= 15 is 0 Å². The fraction of sp³-hybridized carbons (Fsp3) is 0.0909. The zero-order chi connectivity index (χ0) is 13.9. The van der Waals surface area contributed by atoms with Crippen molar-refractivity contribution in [1.29, 1.82) is 0 Å². The predicted molar refractivity (Wildman–Crippen MR) is 65.1 cm³/mol. The second-order valence-corrected chi connectivity index (χ2v) is 5.21. The van der Waals surface area contributed by atoms with Crippen molar-refractivity contribution in [2.75, 3.05) is 0 Å². The third kappa shape index (κ3) is 3.55. The molecule has 7 nitrogen and oxygen atoms in total. The molecule has 0 fully saturated rings. The summed E-state index contributed by atoms with van der Waals surface area (Å²) >= 11 is 0. The van der Waals surface area contributed by atoms with Gasteiger partial charge in [-0.05, 0) is 11.6 Å². The molecule has 1 heterocycles. The molecule has 0 aliphatic carbocycles. The normalized spacial score (nSPS) is 11.2. The molecule has 0 bridgehead atoms. The van der Waals surface area contributed by atoms with Gasteiger partial charge in [0.05, 0.1) is 11.2 Å². The Kier molecular flexibility index (Phi) is 3.52. The lowest BCUT2D eigenvalue weighted by atomic mass is 10.2. The van der Waals surface area contributed by atoms with Gasteiger partial charge in [-0.15, -0.1) is 0 Å². The molecule has 0 saturated heterocycles. The smallest absolute Gasteiger partial charge is 0.316 e. The summed E-state index contributed by atoms with van der Waals surface area (Å²) in [5.41, 5.74) is 0.283. The van der Waals surface area contributed by atoms with Crippen LogP contribution in [0, 0.1) is 10.1 Å². The summed E-state index contributed by atoms with van der Waals surface area (Å²) < 4.78 is 32.8. The first-order chi connectivity index (χ1) is 8.96. The Morgan fingerprint density at radius 1 is 1.21 bits per heavy atom. The lowest BCUT2D eigenvalue weighted by Crippen LogP contribution is -2.11. The van der Waals surface area contributed by atoms with Crippen molar-refractivity contribution in [3.63, 3.8) is 0 Å². The summed E-state index contributed by atoms with van der Waals surface area (Å²) in [4.78, 5) is 9.90. The van der Waals surface area contributed by atoms with E-state index in [0.717, 1.165) is 0 Å². The van der Waals surface area contributed by atoms with Crippen LogP contribution in [0.5, 0.6) is 5.95 Å². The van der Waals surface area contributed by atoms with Crippen LogP contribution < -0.4 is 4.18 Å². The second-order valence-electron chi connectivity index (χ2n) is 3.64. The molecule has 0 radical (unpaired) electrons. The standard InChI is InChI=1S/C11H9NO6S/c13-12(14)10-5-3-9(4-6-10)8-19(15,16)18-11-2-1-7-17-11/h1-7H,8H2. The molecule has 0 spiro atoms. The average molecular weight is 283 g/mol. The summed E-state index contributed by atoms with van der Waals surface area (Å²) in [6, 6.07) is 8.06. The Morgan fingerprint density at radius 3 is 2.42 bits per heavy atom. The van der Waals surface area contributed by atoms with Crippen LogP contribution in [0.3, 0.4) is 0 Å². The van der Waals surface area contributed by atoms with Gasteiger partial charge in [0, 0.05) is 18.2 Å². The number of benzene rings is 1. The molecular formula is C11H9NO6S. The van der Waals surface area contributed by atoms with Gasteiger partial charge < -0.3 is 8.60 Å². The molecule has 100 valence electrons. The van der Waals surface area contributed by atoms with E-state index in [4.69, 9.17) is 8.60 Å². The van der Waals surface area contributed by atoms with Gasteiger partial charge in [0.2, 0.25) is 0 Å². The van der Waals surface area contributed by atoms with Gasteiger partial charge in [-0.3, -0.25) is 10.1 Å². The zero-order valence-electron chi connectivity index (χ0n) is 9.55. The monoisotopic (exact) mass is 283 g/mol. The molecular weight excluding hydrogens is 274 g/mol. The molecule has 0 saturated carbocycles. The van der Waals surface area contributed by atoms with E-state index in [1.165, 1.54) is 42.7 Å². The van der Waals surface area contributed by atoms with Gasteiger partial charge >= 0.3 is 16.1 Å². The van der Waals surface area contributed by atoms with E-state index in [-0.39, 0.29) is 11.6 Å². The van der Waals surface area contributed by atoms with E-state index < -0.39 is 20.8 Å². The molecule has 0 unspecified atom stereocenters. The molecule has 19 heavy (non-hydrogen) atoms. The summed E-state index contributed by atoms with van der Waals surface area (Å²) in [6.45, 7) is 0. The van der Waals surface area contributed by atoms with Crippen molar-refractivity contribution in [3.8, 4) is 5.95 Å². The maximum atomic E-state index is 11.7. The van der Waals surface area contributed by atoms with E-state index in [1.54, 1.807) is 0 Å². The highest BCUT2D eigenvalue weighted by atomic mass is 32.2. The number of rotatable bonds is 5. The lowest BCUT2D eigenvalue weighted by molar-refractivity contribution is -0.384. The molecule has 1 aromatic heterocycles. The lowest BCUT2D eigenvalue weighted by Gasteiger charge is -2.03. The quantitative estimate of drug-likeness (QED) is 0.473. The van der Waals surface area contributed by atoms with Crippen molar-refractivity contribution < 1.29 is 21.9 Å². The predicted octanol–water partition coefficient (Wildman–Crippen LogP) is 2.10. The first kappa shape index (κ1) is 13.1. The van der Waals surface area contributed by atoms with Crippen LogP contribution in [0.4, 0.5) is 5.69 Å².